The molecular weight excluding hydrogens is 410 g/mol. The average Bonchev–Trinajstić information content (AvgIpc) is 2.83. The zero-order valence-corrected chi connectivity index (χ0v) is 18.5. The first-order valence-corrected chi connectivity index (χ1v) is 10.6. The van der Waals surface area contributed by atoms with Gasteiger partial charge in [-0.05, 0) is 42.7 Å². The summed E-state index contributed by atoms with van der Waals surface area (Å²) in [4.78, 5) is 34.3. The molecular formula is C24H27N3O5. The molecule has 3 aromatic rings. The lowest BCUT2D eigenvalue weighted by Gasteiger charge is -2.32. The maximum atomic E-state index is 12.9. The summed E-state index contributed by atoms with van der Waals surface area (Å²) in [5, 5.41) is 0.840. The third-order valence-electron chi connectivity index (χ3n) is 5.99. The summed E-state index contributed by atoms with van der Waals surface area (Å²) >= 11 is 0. The van der Waals surface area contributed by atoms with Crippen molar-refractivity contribution in [2.75, 3.05) is 34.4 Å². The molecule has 0 radical (unpaired) electrons. The van der Waals surface area contributed by atoms with Gasteiger partial charge in [-0.1, -0.05) is 6.07 Å². The first-order chi connectivity index (χ1) is 15.5. The van der Waals surface area contributed by atoms with Crippen LogP contribution in [0.4, 0.5) is 0 Å². The third-order valence-corrected chi connectivity index (χ3v) is 5.99. The largest absolute Gasteiger partial charge is 0.493 e. The smallest absolute Gasteiger partial charge is 0.274 e. The van der Waals surface area contributed by atoms with E-state index in [1.54, 1.807) is 39.7 Å². The van der Waals surface area contributed by atoms with Gasteiger partial charge in [0.1, 0.15) is 5.52 Å². The van der Waals surface area contributed by atoms with E-state index >= 15 is 0 Å². The van der Waals surface area contributed by atoms with Crippen LogP contribution < -0.4 is 19.8 Å². The summed E-state index contributed by atoms with van der Waals surface area (Å²) in [6.07, 6.45) is 3.46. The molecule has 1 amide bonds. The number of rotatable bonds is 6. The Balaban J connectivity index is 1.44. The predicted octanol–water partition coefficient (Wildman–Crippen LogP) is 2.90. The van der Waals surface area contributed by atoms with Gasteiger partial charge in [-0.25, -0.2) is 0 Å². The van der Waals surface area contributed by atoms with E-state index in [9.17, 15) is 9.59 Å². The number of aromatic amines is 1. The Bertz CT molecular complexity index is 1160. The maximum Gasteiger partial charge on any atom is 0.274 e. The Labute approximate surface area is 186 Å². The molecule has 0 atom stereocenters. The number of hydrogen-bond donors (Lipinski definition) is 1. The van der Waals surface area contributed by atoms with Crippen LogP contribution in [0.3, 0.4) is 0 Å². The fourth-order valence-electron chi connectivity index (χ4n) is 4.30. The van der Waals surface area contributed by atoms with Crippen molar-refractivity contribution in [3.05, 3.63) is 58.1 Å². The minimum Gasteiger partial charge on any atom is -0.493 e. The lowest BCUT2D eigenvalue weighted by atomic mass is 9.92. The molecule has 3 heterocycles. The number of amides is 1. The number of nitrogens with one attached hydrogen (secondary N) is 1. The number of carbonyl (C=O) groups is 1. The quantitative estimate of drug-likeness (QED) is 0.637. The second-order valence-corrected chi connectivity index (χ2v) is 7.86. The highest BCUT2D eigenvalue weighted by Crippen LogP contribution is 2.38. The molecule has 1 aliphatic rings. The Morgan fingerprint density at radius 3 is 2.41 bits per heavy atom. The number of ether oxygens (including phenoxy) is 3. The molecule has 1 aliphatic heterocycles. The van der Waals surface area contributed by atoms with Crippen LogP contribution in [0.15, 0.2) is 41.3 Å². The van der Waals surface area contributed by atoms with Crippen LogP contribution in [-0.4, -0.2) is 55.2 Å². The molecule has 0 spiro atoms. The van der Waals surface area contributed by atoms with Gasteiger partial charge >= 0.3 is 0 Å². The molecule has 2 aromatic heterocycles. The van der Waals surface area contributed by atoms with Crippen molar-refractivity contribution >= 4 is 16.8 Å². The molecule has 0 bridgehead atoms. The molecule has 4 rings (SSSR count). The second-order valence-electron chi connectivity index (χ2n) is 7.86. The van der Waals surface area contributed by atoms with Crippen molar-refractivity contribution in [3.63, 3.8) is 0 Å². The van der Waals surface area contributed by atoms with Gasteiger partial charge in [0, 0.05) is 36.3 Å². The molecule has 1 aromatic carbocycles. The van der Waals surface area contributed by atoms with Gasteiger partial charge < -0.3 is 24.1 Å². The number of hydrogen-bond acceptors (Lipinski definition) is 6. The van der Waals surface area contributed by atoms with E-state index in [1.807, 2.05) is 23.1 Å². The van der Waals surface area contributed by atoms with Crippen LogP contribution in [-0.2, 0) is 11.2 Å². The second kappa shape index (κ2) is 9.30. The Hall–Kier alpha value is -3.55. The molecule has 1 saturated heterocycles. The maximum absolute atomic E-state index is 12.9. The van der Waals surface area contributed by atoms with Crippen LogP contribution in [0.1, 0.15) is 30.0 Å². The molecule has 0 unspecified atom stereocenters. The number of aromatic nitrogens is 2. The minimum atomic E-state index is -0.168. The zero-order valence-electron chi connectivity index (χ0n) is 18.5. The van der Waals surface area contributed by atoms with Gasteiger partial charge in [0.25, 0.3) is 5.56 Å². The van der Waals surface area contributed by atoms with E-state index in [0.717, 1.165) is 29.5 Å². The fourth-order valence-corrected chi connectivity index (χ4v) is 4.30. The normalized spacial score (nSPS) is 14.4. The molecule has 8 heteroatoms. The van der Waals surface area contributed by atoms with Crippen LogP contribution >= 0.6 is 0 Å². The number of H-pyrrole nitrogens is 1. The number of pyridine rings is 2. The number of fused-ring (bicyclic) bond motifs is 1. The van der Waals surface area contributed by atoms with Crippen LogP contribution in [0.5, 0.6) is 17.2 Å². The number of benzene rings is 1. The average molecular weight is 437 g/mol. The SMILES string of the molecule is COc1cc(CC(=O)N2CCC(c3cc4cccnc4c(=O)[nH]3)CC2)cc(OC)c1OC. The summed E-state index contributed by atoms with van der Waals surface area (Å²) in [5.41, 5.74) is 2.00. The minimum absolute atomic E-state index is 0.0499. The number of carbonyl (C=O) groups excluding carboxylic acids is 1. The third kappa shape index (κ3) is 4.26. The highest BCUT2D eigenvalue weighted by Gasteiger charge is 2.25. The lowest BCUT2D eigenvalue weighted by molar-refractivity contribution is -0.131. The van der Waals surface area contributed by atoms with E-state index in [1.165, 1.54) is 0 Å². The molecule has 1 N–H and O–H groups in total. The predicted molar refractivity (Wildman–Crippen MR) is 121 cm³/mol. The number of likely N-dealkylation sites (tertiary alicyclic amines) is 1. The highest BCUT2D eigenvalue weighted by atomic mass is 16.5. The number of piperidine rings is 1. The summed E-state index contributed by atoms with van der Waals surface area (Å²) in [6.45, 7) is 1.28. The standard InChI is InChI=1S/C24H27N3O5/c1-30-19-11-15(12-20(31-2)23(19)32-3)13-21(28)27-9-6-16(7-10-27)18-14-17-5-4-8-25-22(17)24(29)26-18/h4-5,8,11-12,14,16H,6-7,9-10,13H2,1-3H3,(H,26,29). The van der Waals surface area contributed by atoms with E-state index in [-0.39, 0.29) is 23.8 Å². The van der Waals surface area contributed by atoms with Crippen molar-refractivity contribution in [3.8, 4) is 17.2 Å². The van der Waals surface area contributed by atoms with Crippen molar-refractivity contribution in [1.29, 1.82) is 0 Å². The fraction of sp³-hybridized carbons (Fsp3) is 0.375. The van der Waals surface area contributed by atoms with Gasteiger partial charge in [0.15, 0.2) is 11.5 Å². The van der Waals surface area contributed by atoms with E-state index in [0.29, 0.717) is 35.9 Å². The summed E-state index contributed by atoms with van der Waals surface area (Å²) < 4.78 is 16.1. The monoisotopic (exact) mass is 437 g/mol. The Kier molecular flexibility index (Phi) is 6.30. The molecule has 0 aliphatic carbocycles. The molecule has 168 valence electrons. The van der Waals surface area contributed by atoms with Crippen LogP contribution in [0.25, 0.3) is 10.9 Å². The Morgan fingerprint density at radius 2 is 1.78 bits per heavy atom. The van der Waals surface area contributed by atoms with Crippen LogP contribution in [0.2, 0.25) is 0 Å². The van der Waals surface area contributed by atoms with E-state index in [4.69, 9.17) is 14.2 Å². The molecule has 0 saturated carbocycles. The molecule has 32 heavy (non-hydrogen) atoms. The first-order valence-electron chi connectivity index (χ1n) is 10.6. The van der Waals surface area contributed by atoms with Crippen molar-refractivity contribution in [2.24, 2.45) is 0 Å². The molecule has 8 nitrogen and oxygen atoms in total. The van der Waals surface area contributed by atoms with E-state index in [2.05, 4.69) is 9.97 Å². The van der Waals surface area contributed by atoms with Gasteiger partial charge in [0.2, 0.25) is 11.7 Å². The van der Waals surface area contributed by atoms with Crippen molar-refractivity contribution in [2.45, 2.75) is 25.2 Å². The van der Waals surface area contributed by atoms with Gasteiger partial charge in [-0.2, -0.15) is 0 Å². The lowest BCUT2D eigenvalue weighted by Crippen LogP contribution is -2.39. The van der Waals surface area contributed by atoms with Crippen molar-refractivity contribution in [1.82, 2.24) is 14.9 Å². The summed E-state index contributed by atoms with van der Waals surface area (Å²) in [7, 11) is 4.66. The summed E-state index contributed by atoms with van der Waals surface area (Å²) in [6, 6.07) is 9.34. The number of nitrogens with zero attached hydrogens (tertiary/aromatic N) is 2. The van der Waals surface area contributed by atoms with Crippen LogP contribution in [0, 0.1) is 0 Å². The van der Waals surface area contributed by atoms with Crippen molar-refractivity contribution < 1.29 is 19.0 Å². The Morgan fingerprint density at radius 1 is 1.09 bits per heavy atom. The van der Waals surface area contributed by atoms with E-state index < -0.39 is 0 Å². The van der Waals surface area contributed by atoms with Gasteiger partial charge in [-0.15, -0.1) is 0 Å². The first kappa shape index (κ1) is 21.7. The summed E-state index contributed by atoms with van der Waals surface area (Å²) in [5.74, 6) is 1.82. The number of methoxy groups -OCH3 is 3. The molecule has 1 fully saturated rings. The van der Waals surface area contributed by atoms with Gasteiger partial charge in [0.05, 0.1) is 27.8 Å². The van der Waals surface area contributed by atoms with Gasteiger partial charge in [-0.3, -0.25) is 14.6 Å². The zero-order chi connectivity index (χ0) is 22.7. The topological polar surface area (TPSA) is 93.8 Å². The highest BCUT2D eigenvalue weighted by molar-refractivity contribution is 5.80.